The van der Waals surface area contributed by atoms with Crippen LogP contribution in [0.3, 0.4) is 0 Å². The van der Waals surface area contributed by atoms with Gasteiger partial charge in [-0.25, -0.2) is 0 Å². The van der Waals surface area contributed by atoms with Crippen LogP contribution in [0.15, 0.2) is 47.4 Å². The van der Waals surface area contributed by atoms with Crippen molar-refractivity contribution in [1.29, 1.82) is 5.26 Å². The van der Waals surface area contributed by atoms with Crippen LogP contribution < -0.4 is 10.1 Å². The van der Waals surface area contributed by atoms with Gasteiger partial charge in [-0.3, -0.25) is 9.59 Å². The smallest absolute Gasteiger partial charge is 0.221 e. The molecule has 0 heterocycles. The van der Waals surface area contributed by atoms with E-state index in [1.54, 1.807) is 42.5 Å². The second kappa shape index (κ2) is 8.18. The Hall–Kier alpha value is -2.78. The van der Waals surface area contributed by atoms with E-state index in [9.17, 15) is 9.59 Å². The summed E-state index contributed by atoms with van der Waals surface area (Å²) in [5.41, 5.74) is 1.73. The minimum atomic E-state index is -0.163. The van der Waals surface area contributed by atoms with Gasteiger partial charge in [0, 0.05) is 17.4 Å². The minimum Gasteiger partial charge on any atom is -0.485 e. The van der Waals surface area contributed by atoms with Crippen LogP contribution in [0.25, 0.3) is 0 Å². The summed E-state index contributed by atoms with van der Waals surface area (Å²) >= 11 is 1.45. The molecule has 0 atom stereocenters. The molecule has 1 amide bonds. The third kappa shape index (κ3) is 4.61. The van der Waals surface area contributed by atoms with Crippen molar-refractivity contribution < 1.29 is 14.3 Å². The fourth-order valence-electron chi connectivity index (χ4n) is 2.02. The van der Waals surface area contributed by atoms with Crippen molar-refractivity contribution in [2.75, 3.05) is 18.2 Å². The van der Waals surface area contributed by atoms with Gasteiger partial charge in [-0.05, 0) is 48.7 Å². The van der Waals surface area contributed by atoms with Gasteiger partial charge in [-0.15, -0.1) is 11.8 Å². The first-order chi connectivity index (χ1) is 11.5. The summed E-state index contributed by atoms with van der Waals surface area (Å²) in [7, 11) is 0. The highest BCUT2D eigenvalue weighted by Gasteiger charge is 2.11. The summed E-state index contributed by atoms with van der Waals surface area (Å²) in [4.78, 5) is 24.3. The van der Waals surface area contributed by atoms with E-state index >= 15 is 0 Å². The van der Waals surface area contributed by atoms with E-state index in [-0.39, 0.29) is 18.3 Å². The average molecular weight is 340 g/mol. The zero-order chi connectivity index (χ0) is 17.5. The molecule has 2 aromatic rings. The molecule has 0 aliphatic carbocycles. The van der Waals surface area contributed by atoms with Crippen molar-refractivity contribution in [1.82, 2.24) is 0 Å². The second-order valence-electron chi connectivity index (χ2n) is 4.94. The predicted molar refractivity (Wildman–Crippen MR) is 93.5 cm³/mol. The number of amides is 1. The lowest BCUT2D eigenvalue weighted by atomic mass is 10.1. The van der Waals surface area contributed by atoms with Gasteiger partial charge in [-0.2, -0.15) is 5.26 Å². The fraction of sp³-hybridized carbons (Fsp3) is 0.167. The molecule has 0 fully saturated rings. The zero-order valence-corrected chi connectivity index (χ0v) is 14.1. The average Bonchev–Trinajstić information content (AvgIpc) is 2.60. The molecule has 6 heteroatoms. The first-order valence-electron chi connectivity index (χ1n) is 7.15. The lowest BCUT2D eigenvalue weighted by molar-refractivity contribution is -0.114. The van der Waals surface area contributed by atoms with Crippen LogP contribution in [-0.4, -0.2) is 24.6 Å². The van der Waals surface area contributed by atoms with Gasteiger partial charge in [0.05, 0.1) is 17.3 Å². The van der Waals surface area contributed by atoms with E-state index in [1.807, 2.05) is 12.3 Å². The molecule has 2 aromatic carbocycles. The Morgan fingerprint density at radius 3 is 2.50 bits per heavy atom. The molecule has 24 heavy (non-hydrogen) atoms. The number of nitrogens with zero attached hydrogens (tertiary/aromatic N) is 1. The summed E-state index contributed by atoms with van der Waals surface area (Å²) in [6.07, 6.45) is 1.88. The standard InChI is InChI=1S/C18H16N2O3S/c1-12(21)20-16-8-5-14(9-18(16)24-2)17(22)11-23-15-6-3-13(10-19)4-7-15/h3-9H,11H2,1-2H3,(H,20,21). The number of thioether (sulfide) groups is 1. The quantitative estimate of drug-likeness (QED) is 0.643. The summed E-state index contributed by atoms with van der Waals surface area (Å²) in [5.74, 6) is 0.208. The molecule has 2 rings (SSSR count). The van der Waals surface area contributed by atoms with Crippen molar-refractivity contribution >= 4 is 29.1 Å². The van der Waals surface area contributed by atoms with Crippen LogP contribution in [-0.2, 0) is 4.79 Å². The molecule has 0 unspecified atom stereocenters. The summed E-state index contributed by atoms with van der Waals surface area (Å²) in [6, 6.07) is 13.7. The van der Waals surface area contributed by atoms with Gasteiger partial charge >= 0.3 is 0 Å². The van der Waals surface area contributed by atoms with E-state index in [0.29, 0.717) is 22.6 Å². The topological polar surface area (TPSA) is 79.2 Å². The Labute approximate surface area is 144 Å². The van der Waals surface area contributed by atoms with E-state index in [2.05, 4.69) is 5.32 Å². The largest absolute Gasteiger partial charge is 0.485 e. The number of rotatable bonds is 6. The first-order valence-corrected chi connectivity index (χ1v) is 8.37. The number of hydrogen-bond acceptors (Lipinski definition) is 5. The number of anilines is 1. The predicted octanol–water partition coefficient (Wildman–Crippen LogP) is 3.50. The zero-order valence-electron chi connectivity index (χ0n) is 13.3. The maximum absolute atomic E-state index is 12.3. The Kier molecular flexibility index (Phi) is 5.99. The number of hydrogen-bond donors (Lipinski definition) is 1. The number of nitriles is 1. The SMILES string of the molecule is CSc1cc(C(=O)COc2ccc(C#N)cc2)ccc1NC(C)=O. The molecule has 0 aliphatic rings. The second-order valence-corrected chi connectivity index (χ2v) is 5.79. The van der Waals surface area contributed by atoms with Crippen LogP contribution in [0.4, 0.5) is 5.69 Å². The van der Waals surface area contributed by atoms with Crippen molar-refractivity contribution in [2.45, 2.75) is 11.8 Å². The lowest BCUT2D eigenvalue weighted by Crippen LogP contribution is -2.12. The van der Waals surface area contributed by atoms with Gasteiger partial charge in [-0.1, -0.05) is 0 Å². The van der Waals surface area contributed by atoms with Crippen LogP contribution >= 0.6 is 11.8 Å². The summed E-state index contributed by atoms with van der Waals surface area (Å²) in [6.45, 7) is 1.34. The third-order valence-corrected chi connectivity index (χ3v) is 3.97. The Bertz CT molecular complexity index is 795. The maximum atomic E-state index is 12.3. The van der Waals surface area contributed by atoms with Crippen LogP contribution in [0, 0.1) is 11.3 Å². The number of nitrogens with one attached hydrogen (secondary N) is 1. The molecule has 0 bridgehead atoms. The van der Waals surface area contributed by atoms with E-state index in [4.69, 9.17) is 10.00 Å². The molecule has 0 spiro atoms. The fourth-order valence-corrected chi connectivity index (χ4v) is 2.60. The minimum absolute atomic E-state index is 0.0980. The molecule has 122 valence electrons. The normalized spacial score (nSPS) is 9.88. The summed E-state index contributed by atoms with van der Waals surface area (Å²) < 4.78 is 5.45. The molecule has 0 aliphatic heterocycles. The number of ether oxygens (including phenoxy) is 1. The Morgan fingerprint density at radius 1 is 1.21 bits per heavy atom. The monoisotopic (exact) mass is 340 g/mol. The molecular weight excluding hydrogens is 324 g/mol. The number of carbonyl (C=O) groups excluding carboxylic acids is 2. The lowest BCUT2D eigenvalue weighted by Gasteiger charge is -2.10. The van der Waals surface area contributed by atoms with Gasteiger partial charge in [0.2, 0.25) is 5.91 Å². The number of carbonyl (C=O) groups is 2. The first kappa shape index (κ1) is 17.6. The van der Waals surface area contributed by atoms with Gasteiger partial charge in [0.25, 0.3) is 0 Å². The molecule has 0 radical (unpaired) electrons. The van der Waals surface area contributed by atoms with Gasteiger partial charge < -0.3 is 10.1 Å². The molecular formula is C18H16N2O3S. The summed E-state index contributed by atoms with van der Waals surface area (Å²) in [5, 5.41) is 11.5. The highest BCUT2D eigenvalue weighted by Crippen LogP contribution is 2.27. The highest BCUT2D eigenvalue weighted by molar-refractivity contribution is 7.98. The number of Topliss-reactive ketones (excluding diaryl/α,β-unsaturated/α-hetero) is 1. The number of benzene rings is 2. The third-order valence-electron chi connectivity index (χ3n) is 3.19. The highest BCUT2D eigenvalue weighted by atomic mass is 32.2. The van der Waals surface area contributed by atoms with E-state index in [1.165, 1.54) is 18.7 Å². The van der Waals surface area contributed by atoms with Crippen molar-refractivity contribution in [3.05, 3.63) is 53.6 Å². The van der Waals surface area contributed by atoms with Gasteiger partial charge in [0.1, 0.15) is 5.75 Å². The molecule has 0 aromatic heterocycles. The van der Waals surface area contributed by atoms with Crippen molar-refractivity contribution in [2.24, 2.45) is 0 Å². The molecule has 5 nitrogen and oxygen atoms in total. The molecule has 0 saturated carbocycles. The molecule has 1 N–H and O–H groups in total. The molecule has 0 saturated heterocycles. The van der Waals surface area contributed by atoms with Crippen LogP contribution in [0.1, 0.15) is 22.8 Å². The Balaban J connectivity index is 2.06. The van der Waals surface area contributed by atoms with E-state index < -0.39 is 0 Å². The van der Waals surface area contributed by atoms with Crippen LogP contribution in [0.5, 0.6) is 5.75 Å². The van der Waals surface area contributed by atoms with Gasteiger partial charge in [0.15, 0.2) is 12.4 Å². The number of ketones is 1. The van der Waals surface area contributed by atoms with Crippen molar-refractivity contribution in [3.63, 3.8) is 0 Å². The maximum Gasteiger partial charge on any atom is 0.221 e. The van der Waals surface area contributed by atoms with Crippen LogP contribution in [0.2, 0.25) is 0 Å². The Morgan fingerprint density at radius 2 is 1.92 bits per heavy atom. The van der Waals surface area contributed by atoms with Crippen molar-refractivity contribution in [3.8, 4) is 11.8 Å². The van der Waals surface area contributed by atoms with E-state index in [0.717, 1.165) is 4.90 Å².